The lowest BCUT2D eigenvalue weighted by Crippen LogP contribution is -2.32. The Morgan fingerprint density at radius 1 is 0.957 bits per heavy atom. The van der Waals surface area contributed by atoms with Crippen LogP contribution in [-0.4, -0.2) is 18.0 Å². The van der Waals surface area contributed by atoms with Gasteiger partial charge in [-0.1, -0.05) is 69.3 Å². The predicted octanol–water partition coefficient (Wildman–Crippen LogP) is 4.98. The molecule has 0 N–H and O–H groups in total. The molecule has 1 aliphatic heterocycles. The summed E-state index contributed by atoms with van der Waals surface area (Å²) in [6.07, 6.45) is 3.63. The molecule has 0 unspecified atom stereocenters. The third-order valence-corrected chi connectivity index (χ3v) is 4.95. The third kappa shape index (κ3) is 4.23. The van der Waals surface area contributed by atoms with Crippen molar-refractivity contribution in [3.8, 4) is 0 Å². The van der Waals surface area contributed by atoms with Crippen molar-refractivity contribution in [1.82, 2.24) is 4.90 Å². The summed E-state index contributed by atoms with van der Waals surface area (Å²) in [7, 11) is 0. The molecule has 1 aliphatic rings. The number of nitrogens with zero attached hydrogens (tertiary/aromatic N) is 1. The molecule has 122 valence electrons. The summed E-state index contributed by atoms with van der Waals surface area (Å²) in [6.45, 7) is 10.4. The zero-order valence-corrected chi connectivity index (χ0v) is 14.8. The molecule has 2 aromatic rings. The average Bonchev–Trinajstić information content (AvgIpc) is 2.54. The molecule has 0 saturated carbocycles. The Bertz CT molecular complexity index is 637. The highest BCUT2D eigenvalue weighted by Crippen LogP contribution is 2.27. The molecule has 23 heavy (non-hydrogen) atoms. The van der Waals surface area contributed by atoms with Crippen LogP contribution >= 0.6 is 0 Å². The average molecular weight is 307 g/mol. The van der Waals surface area contributed by atoms with Gasteiger partial charge in [0.05, 0.1) is 0 Å². The van der Waals surface area contributed by atoms with Gasteiger partial charge in [0.1, 0.15) is 0 Å². The van der Waals surface area contributed by atoms with E-state index in [-0.39, 0.29) is 5.41 Å². The van der Waals surface area contributed by atoms with Crippen LogP contribution in [-0.2, 0) is 24.8 Å². The number of fused-ring (bicyclic) bond motifs is 1. The van der Waals surface area contributed by atoms with E-state index in [0.717, 1.165) is 6.54 Å². The Balaban J connectivity index is 1.59. The van der Waals surface area contributed by atoms with E-state index in [2.05, 4.69) is 74.2 Å². The summed E-state index contributed by atoms with van der Waals surface area (Å²) in [6, 6.07) is 18.0. The Kier molecular flexibility index (Phi) is 4.87. The van der Waals surface area contributed by atoms with Crippen LogP contribution in [0.1, 0.15) is 49.4 Å². The molecule has 2 aromatic carbocycles. The van der Waals surface area contributed by atoms with Gasteiger partial charge in [0, 0.05) is 13.1 Å². The summed E-state index contributed by atoms with van der Waals surface area (Å²) in [5, 5.41) is 0. The lowest BCUT2D eigenvalue weighted by Gasteiger charge is -2.30. The molecule has 0 bridgehead atoms. The number of rotatable bonds is 4. The summed E-state index contributed by atoms with van der Waals surface area (Å²) < 4.78 is 0. The first kappa shape index (κ1) is 16.3. The molecule has 0 radical (unpaired) electrons. The second-order valence-electron chi connectivity index (χ2n) is 7.85. The van der Waals surface area contributed by atoms with E-state index in [1.807, 2.05) is 0 Å². The van der Waals surface area contributed by atoms with E-state index in [0.29, 0.717) is 0 Å². The first-order valence-corrected chi connectivity index (χ1v) is 8.91. The van der Waals surface area contributed by atoms with Gasteiger partial charge in [-0.05, 0) is 53.5 Å². The first-order valence-electron chi connectivity index (χ1n) is 8.91. The maximum absolute atomic E-state index is 2.62. The van der Waals surface area contributed by atoms with Crippen LogP contribution in [0.2, 0.25) is 0 Å². The number of aryl methyl sites for hydroxylation is 1. The number of hydrogen-bond acceptors (Lipinski definition) is 1. The minimum Gasteiger partial charge on any atom is -0.299 e. The van der Waals surface area contributed by atoms with Gasteiger partial charge in [0.2, 0.25) is 0 Å². The lowest BCUT2D eigenvalue weighted by atomic mass is 9.84. The van der Waals surface area contributed by atoms with Crippen LogP contribution in [0.15, 0.2) is 48.5 Å². The van der Waals surface area contributed by atoms with Crippen molar-refractivity contribution in [2.45, 2.75) is 52.0 Å². The fraction of sp³-hybridized carbons (Fsp3) is 0.455. The minimum atomic E-state index is 0.241. The zero-order chi connectivity index (χ0) is 16.3. The van der Waals surface area contributed by atoms with Crippen molar-refractivity contribution >= 4 is 0 Å². The van der Waals surface area contributed by atoms with Crippen LogP contribution in [0.4, 0.5) is 0 Å². The van der Waals surface area contributed by atoms with Gasteiger partial charge in [0.25, 0.3) is 0 Å². The van der Waals surface area contributed by atoms with Crippen LogP contribution in [0.3, 0.4) is 0 Å². The fourth-order valence-electron chi connectivity index (χ4n) is 3.42. The highest BCUT2D eigenvalue weighted by atomic mass is 15.1. The Hall–Kier alpha value is -1.60. The molecule has 0 saturated heterocycles. The van der Waals surface area contributed by atoms with Crippen molar-refractivity contribution in [2.24, 2.45) is 0 Å². The van der Waals surface area contributed by atoms with Gasteiger partial charge in [-0.2, -0.15) is 0 Å². The molecule has 3 rings (SSSR count). The summed E-state index contributed by atoms with van der Waals surface area (Å²) in [5.74, 6) is 0. The standard InChI is InChI=1S/C22H29N/c1-22(2,3)21-12-11-19-13-15-23(17-20(19)16-21)14-7-10-18-8-5-4-6-9-18/h4-6,8-9,11-12,16H,7,10,13-15,17H2,1-3H3. The number of benzene rings is 2. The molecule has 0 aliphatic carbocycles. The largest absolute Gasteiger partial charge is 0.299 e. The molecule has 0 amide bonds. The van der Waals surface area contributed by atoms with Crippen LogP contribution in [0, 0.1) is 0 Å². The Labute approximate surface area is 141 Å². The molecule has 1 nitrogen and oxygen atoms in total. The van der Waals surface area contributed by atoms with E-state index in [1.165, 1.54) is 43.5 Å². The molecule has 0 atom stereocenters. The van der Waals surface area contributed by atoms with Gasteiger partial charge >= 0.3 is 0 Å². The van der Waals surface area contributed by atoms with Crippen LogP contribution in [0.5, 0.6) is 0 Å². The molecule has 0 spiro atoms. The maximum Gasteiger partial charge on any atom is 0.0236 e. The highest BCUT2D eigenvalue weighted by molar-refractivity contribution is 5.36. The summed E-state index contributed by atoms with van der Waals surface area (Å²) in [4.78, 5) is 2.62. The quantitative estimate of drug-likeness (QED) is 0.770. The monoisotopic (exact) mass is 307 g/mol. The van der Waals surface area contributed by atoms with Crippen molar-refractivity contribution in [3.63, 3.8) is 0 Å². The fourth-order valence-corrected chi connectivity index (χ4v) is 3.42. The Morgan fingerprint density at radius 3 is 2.48 bits per heavy atom. The SMILES string of the molecule is CC(C)(C)c1ccc2c(c1)CN(CCCc1ccccc1)CC2. The van der Waals surface area contributed by atoms with Crippen molar-refractivity contribution < 1.29 is 0 Å². The highest BCUT2D eigenvalue weighted by Gasteiger charge is 2.19. The third-order valence-electron chi connectivity index (χ3n) is 4.95. The molecule has 1 heteroatoms. The predicted molar refractivity (Wildman–Crippen MR) is 98.9 cm³/mol. The van der Waals surface area contributed by atoms with E-state index >= 15 is 0 Å². The van der Waals surface area contributed by atoms with E-state index in [1.54, 1.807) is 11.1 Å². The topological polar surface area (TPSA) is 3.24 Å². The lowest BCUT2D eigenvalue weighted by molar-refractivity contribution is 0.251. The molecule has 0 fully saturated rings. The number of hydrogen-bond donors (Lipinski definition) is 0. The first-order chi connectivity index (χ1) is 11.0. The van der Waals surface area contributed by atoms with E-state index < -0.39 is 0 Å². The van der Waals surface area contributed by atoms with Gasteiger partial charge in [0.15, 0.2) is 0 Å². The Morgan fingerprint density at radius 2 is 1.74 bits per heavy atom. The van der Waals surface area contributed by atoms with Gasteiger partial charge in [-0.3, -0.25) is 4.90 Å². The molecule has 0 aromatic heterocycles. The normalized spacial score (nSPS) is 15.4. The molecular formula is C22H29N. The minimum absolute atomic E-state index is 0.241. The molecular weight excluding hydrogens is 278 g/mol. The smallest absolute Gasteiger partial charge is 0.0236 e. The zero-order valence-electron chi connectivity index (χ0n) is 14.8. The second kappa shape index (κ2) is 6.88. The summed E-state index contributed by atoms with van der Waals surface area (Å²) >= 11 is 0. The van der Waals surface area contributed by atoms with Crippen LogP contribution < -0.4 is 0 Å². The van der Waals surface area contributed by atoms with Crippen LogP contribution in [0.25, 0.3) is 0 Å². The maximum atomic E-state index is 2.62. The van der Waals surface area contributed by atoms with Gasteiger partial charge in [-0.25, -0.2) is 0 Å². The van der Waals surface area contributed by atoms with E-state index in [4.69, 9.17) is 0 Å². The van der Waals surface area contributed by atoms with Crippen molar-refractivity contribution in [3.05, 3.63) is 70.8 Å². The van der Waals surface area contributed by atoms with Gasteiger partial charge < -0.3 is 0 Å². The van der Waals surface area contributed by atoms with E-state index in [9.17, 15) is 0 Å². The van der Waals surface area contributed by atoms with Crippen molar-refractivity contribution in [1.29, 1.82) is 0 Å². The molecule has 1 heterocycles. The van der Waals surface area contributed by atoms with Gasteiger partial charge in [-0.15, -0.1) is 0 Å². The second-order valence-corrected chi connectivity index (χ2v) is 7.85. The van der Waals surface area contributed by atoms with Crippen molar-refractivity contribution in [2.75, 3.05) is 13.1 Å². The summed E-state index contributed by atoms with van der Waals surface area (Å²) in [5.41, 5.74) is 6.26.